The van der Waals surface area contributed by atoms with Gasteiger partial charge in [-0.15, -0.1) is 0 Å². The van der Waals surface area contributed by atoms with Crippen LogP contribution < -0.4 is 20.4 Å². The van der Waals surface area contributed by atoms with Crippen LogP contribution in [-0.2, 0) is 43.2 Å². The maximum Gasteiger partial charge on any atom is 0.408 e. The highest BCUT2D eigenvalue weighted by Crippen LogP contribution is 2.56. The number of ether oxygens (including phenoxy) is 2. The van der Waals surface area contributed by atoms with Gasteiger partial charge in [0.2, 0.25) is 0 Å². The summed E-state index contributed by atoms with van der Waals surface area (Å²) in [7, 11) is 0. The number of para-hydroxylation sites is 2. The predicted molar refractivity (Wildman–Crippen MR) is 190 cm³/mol. The zero-order chi connectivity index (χ0) is 35.9. The second kappa shape index (κ2) is 12.7. The van der Waals surface area contributed by atoms with Gasteiger partial charge in [0.25, 0.3) is 11.8 Å². The molecule has 0 saturated carbocycles. The van der Waals surface area contributed by atoms with E-state index in [-0.39, 0.29) is 13.1 Å². The lowest BCUT2D eigenvalue weighted by Crippen LogP contribution is -2.74. The highest BCUT2D eigenvalue weighted by atomic mass is 16.6. The molecule has 4 aromatic carbocycles. The third kappa shape index (κ3) is 6.06. The summed E-state index contributed by atoms with van der Waals surface area (Å²) >= 11 is 0. The summed E-state index contributed by atoms with van der Waals surface area (Å²) in [6, 6.07) is 32.8. The third-order valence-electron chi connectivity index (χ3n) is 8.64. The average molecular weight is 675 g/mol. The molecule has 4 amide bonds. The molecule has 2 aliphatic heterocycles. The largest absolute Gasteiger partial charge is 0.444 e. The van der Waals surface area contributed by atoms with E-state index in [2.05, 4.69) is 10.6 Å². The molecule has 0 aromatic heterocycles. The fourth-order valence-electron chi connectivity index (χ4n) is 6.82. The molecule has 0 saturated heterocycles. The summed E-state index contributed by atoms with van der Waals surface area (Å²) in [5, 5.41) is 5.81. The average Bonchev–Trinajstić information content (AvgIpc) is 3.42. The van der Waals surface area contributed by atoms with Gasteiger partial charge in [0.15, 0.2) is 11.1 Å². The number of alkyl carbamates (subject to hydrolysis) is 2. The summed E-state index contributed by atoms with van der Waals surface area (Å²) in [6.07, 6.45) is -1.89. The first-order chi connectivity index (χ1) is 23.7. The van der Waals surface area contributed by atoms with Crippen LogP contribution in [0.2, 0.25) is 0 Å². The van der Waals surface area contributed by atoms with E-state index in [1.807, 2.05) is 60.7 Å². The Hall–Kier alpha value is -5.64. The Morgan fingerprint density at radius 2 is 0.860 bits per heavy atom. The predicted octanol–water partition coefficient (Wildman–Crippen LogP) is 6.92. The van der Waals surface area contributed by atoms with Gasteiger partial charge in [-0.2, -0.15) is 0 Å². The van der Waals surface area contributed by atoms with Crippen LogP contribution in [0.3, 0.4) is 0 Å². The van der Waals surface area contributed by atoms with Crippen molar-refractivity contribution in [3.05, 3.63) is 131 Å². The van der Waals surface area contributed by atoms with Gasteiger partial charge in [0, 0.05) is 11.1 Å². The molecule has 2 heterocycles. The second-order valence-corrected chi connectivity index (χ2v) is 14.5. The lowest BCUT2D eigenvalue weighted by molar-refractivity contribution is -0.138. The van der Waals surface area contributed by atoms with E-state index >= 15 is 9.59 Å². The number of hydrogen-bond acceptors (Lipinski definition) is 6. The molecular formula is C40H42N4O6. The molecule has 0 aliphatic carbocycles. The molecule has 2 atom stereocenters. The summed E-state index contributed by atoms with van der Waals surface area (Å²) in [6.45, 7) is 10.5. The van der Waals surface area contributed by atoms with Crippen molar-refractivity contribution in [2.45, 2.75) is 76.9 Å². The zero-order valence-electron chi connectivity index (χ0n) is 29.2. The smallest absolute Gasteiger partial charge is 0.408 e. The maximum absolute atomic E-state index is 15.6. The Balaban J connectivity index is 1.65. The lowest BCUT2D eigenvalue weighted by Gasteiger charge is -2.45. The Morgan fingerprint density at radius 3 is 1.20 bits per heavy atom. The SMILES string of the molecule is CC(C)(C)OC(=O)N[C@]1([C@@]2(NC(=O)OC(C)(C)C)C(=O)N(Cc3ccccc3)c3ccccc32)C(=O)N(Cc2ccccc2)c2ccccc21. The Labute approximate surface area is 292 Å². The maximum atomic E-state index is 15.6. The molecule has 10 nitrogen and oxygen atoms in total. The van der Waals surface area contributed by atoms with Crippen LogP contribution in [0.15, 0.2) is 109 Å². The number of benzene rings is 4. The minimum absolute atomic E-state index is 0.126. The van der Waals surface area contributed by atoms with Gasteiger partial charge in [-0.25, -0.2) is 9.59 Å². The van der Waals surface area contributed by atoms with Crippen LogP contribution in [0, 0.1) is 0 Å². The van der Waals surface area contributed by atoms with Gasteiger partial charge in [-0.3, -0.25) is 20.2 Å². The van der Waals surface area contributed by atoms with E-state index in [4.69, 9.17) is 9.47 Å². The second-order valence-electron chi connectivity index (χ2n) is 14.5. The van der Waals surface area contributed by atoms with Crippen molar-refractivity contribution in [1.82, 2.24) is 10.6 Å². The van der Waals surface area contributed by atoms with E-state index in [0.717, 1.165) is 11.1 Å². The van der Waals surface area contributed by atoms with Gasteiger partial charge in [-0.05, 0) is 64.8 Å². The summed E-state index contributed by atoms with van der Waals surface area (Å²) in [4.78, 5) is 62.3. The number of carbonyl (C=O) groups is 4. The minimum Gasteiger partial charge on any atom is -0.444 e. The number of carbonyl (C=O) groups excluding carboxylic acids is 4. The van der Waals surface area contributed by atoms with Gasteiger partial charge >= 0.3 is 12.2 Å². The fourth-order valence-corrected chi connectivity index (χ4v) is 6.82. The standard InChI is InChI=1S/C40H42N4O6/c1-37(2,3)49-35(47)41-39(29-21-13-15-23-31(29)43(33(39)45)25-27-17-9-7-10-18-27)40(42-36(48)50-38(4,5)6)30-22-14-16-24-32(30)44(34(40)46)26-28-19-11-8-12-20-28/h7-24H,25-26H2,1-6H3,(H,41,47)(H,42,48)/t39-,40-/m0/s1. The molecule has 50 heavy (non-hydrogen) atoms. The van der Waals surface area contributed by atoms with Gasteiger partial charge < -0.3 is 19.3 Å². The molecule has 6 rings (SSSR count). The van der Waals surface area contributed by atoms with E-state index < -0.39 is 46.3 Å². The topological polar surface area (TPSA) is 117 Å². The number of amides is 4. The van der Waals surface area contributed by atoms with Gasteiger partial charge in [0.1, 0.15) is 11.2 Å². The molecule has 0 spiro atoms. The van der Waals surface area contributed by atoms with Crippen molar-refractivity contribution < 1.29 is 28.7 Å². The van der Waals surface area contributed by atoms with Crippen molar-refractivity contribution in [3.63, 3.8) is 0 Å². The highest BCUT2D eigenvalue weighted by Gasteiger charge is 2.73. The van der Waals surface area contributed by atoms with Gasteiger partial charge in [-0.1, -0.05) is 97.1 Å². The molecular weight excluding hydrogens is 632 g/mol. The monoisotopic (exact) mass is 674 g/mol. The Morgan fingerprint density at radius 1 is 0.540 bits per heavy atom. The van der Waals surface area contributed by atoms with E-state index in [9.17, 15) is 9.59 Å². The number of nitrogens with one attached hydrogen (secondary N) is 2. The quantitative estimate of drug-likeness (QED) is 0.220. The molecule has 0 radical (unpaired) electrons. The molecule has 4 aromatic rings. The van der Waals surface area contributed by atoms with Crippen LogP contribution >= 0.6 is 0 Å². The van der Waals surface area contributed by atoms with E-state index in [1.165, 1.54) is 9.80 Å². The Bertz CT molecular complexity index is 1790. The highest BCUT2D eigenvalue weighted by molar-refractivity contribution is 6.20. The normalized spacial score (nSPS) is 19.9. The van der Waals surface area contributed by atoms with Crippen molar-refractivity contribution in [2.24, 2.45) is 0 Å². The fraction of sp³-hybridized carbons (Fsp3) is 0.300. The number of rotatable bonds is 7. The molecule has 2 N–H and O–H groups in total. The van der Waals surface area contributed by atoms with Crippen molar-refractivity contribution in [1.29, 1.82) is 0 Å². The summed E-state index contributed by atoms with van der Waals surface area (Å²) in [5.74, 6) is -1.26. The minimum atomic E-state index is -2.24. The van der Waals surface area contributed by atoms with Gasteiger partial charge in [0.05, 0.1) is 24.5 Å². The first-order valence-electron chi connectivity index (χ1n) is 16.6. The van der Waals surface area contributed by atoms with Crippen molar-refractivity contribution in [3.8, 4) is 0 Å². The number of fused-ring (bicyclic) bond motifs is 2. The third-order valence-corrected chi connectivity index (χ3v) is 8.64. The molecule has 0 fully saturated rings. The van der Waals surface area contributed by atoms with E-state index in [1.54, 1.807) is 90.1 Å². The van der Waals surface area contributed by atoms with Crippen LogP contribution in [0.5, 0.6) is 0 Å². The first kappa shape index (κ1) is 34.2. The summed E-state index contributed by atoms with van der Waals surface area (Å²) < 4.78 is 11.6. The van der Waals surface area contributed by atoms with Crippen LogP contribution in [0.25, 0.3) is 0 Å². The van der Waals surface area contributed by atoms with Crippen molar-refractivity contribution >= 4 is 35.4 Å². The van der Waals surface area contributed by atoms with Crippen LogP contribution in [-0.4, -0.2) is 35.2 Å². The lowest BCUT2D eigenvalue weighted by atomic mass is 9.69. The zero-order valence-corrected chi connectivity index (χ0v) is 29.2. The molecule has 0 bridgehead atoms. The Kier molecular flexibility index (Phi) is 8.67. The van der Waals surface area contributed by atoms with E-state index in [0.29, 0.717) is 22.5 Å². The van der Waals surface area contributed by atoms with Crippen LogP contribution in [0.4, 0.5) is 21.0 Å². The molecule has 10 heteroatoms. The summed E-state index contributed by atoms with van der Waals surface area (Å²) in [5.41, 5.74) is -3.20. The van der Waals surface area contributed by atoms with Crippen LogP contribution in [0.1, 0.15) is 63.8 Å². The number of anilines is 2. The molecule has 258 valence electrons. The number of hydrogen-bond donors (Lipinski definition) is 2. The number of nitrogens with zero attached hydrogens (tertiary/aromatic N) is 2. The van der Waals surface area contributed by atoms with Crippen molar-refractivity contribution in [2.75, 3.05) is 9.80 Å². The molecule has 2 aliphatic rings. The molecule has 0 unspecified atom stereocenters. The first-order valence-corrected chi connectivity index (χ1v) is 16.6.